The number of hydrogen-bond donors (Lipinski definition) is 4. The van der Waals surface area contributed by atoms with E-state index in [1.807, 2.05) is 30.5 Å². The number of para-hydroxylation sites is 1. The molecule has 4 rings (SSSR count). The second kappa shape index (κ2) is 8.58. The van der Waals surface area contributed by atoms with Crippen molar-refractivity contribution in [2.75, 3.05) is 11.9 Å². The molecular formula is C21H19BrN4O4. The van der Waals surface area contributed by atoms with E-state index in [0.717, 1.165) is 22.9 Å². The van der Waals surface area contributed by atoms with Gasteiger partial charge in [-0.2, -0.15) is 0 Å². The van der Waals surface area contributed by atoms with Crippen molar-refractivity contribution >= 4 is 55.4 Å². The first-order valence-corrected chi connectivity index (χ1v) is 10.2. The molecule has 0 aliphatic heterocycles. The summed E-state index contributed by atoms with van der Waals surface area (Å²) in [4.78, 5) is 43.9. The summed E-state index contributed by atoms with van der Waals surface area (Å²) in [7, 11) is 0. The highest BCUT2D eigenvalue weighted by Gasteiger charge is 2.12. The standard InChI is InChI=1S/C21H19BrN4O4/c22-14-8-17-18(26-21(29)25-17)9-16(14)24-19(27)11-30-20(28)7-3-4-12-10-23-15-6-2-1-5-13(12)15/h1-2,5-6,8-10,23H,3-4,7,11H2,(H,24,27)(H2,25,26,29). The number of nitrogens with one attached hydrogen (secondary N) is 4. The lowest BCUT2D eigenvalue weighted by molar-refractivity contribution is -0.147. The minimum atomic E-state index is -0.460. The predicted octanol–water partition coefficient (Wildman–Crippen LogP) is 3.60. The number of H-pyrrole nitrogens is 3. The molecule has 0 saturated carbocycles. The summed E-state index contributed by atoms with van der Waals surface area (Å²) in [5, 5.41) is 3.81. The van der Waals surface area contributed by atoms with Crippen LogP contribution in [0.1, 0.15) is 18.4 Å². The zero-order chi connectivity index (χ0) is 21.1. The molecular weight excluding hydrogens is 452 g/mol. The van der Waals surface area contributed by atoms with Gasteiger partial charge in [0.05, 0.1) is 16.7 Å². The number of esters is 1. The molecule has 0 radical (unpaired) electrons. The van der Waals surface area contributed by atoms with Crippen LogP contribution in [0.5, 0.6) is 0 Å². The first-order chi connectivity index (χ1) is 14.5. The van der Waals surface area contributed by atoms with E-state index in [9.17, 15) is 14.4 Å². The zero-order valence-corrected chi connectivity index (χ0v) is 17.5. The maximum atomic E-state index is 12.1. The molecule has 0 saturated heterocycles. The van der Waals surface area contributed by atoms with Gasteiger partial charge in [-0.25, -0.2) is 4.79 Å². The van der Waals surface area contributed by atoms with Crippen molar-refractivity contribution in [1.82, 2.24) is 15.0 Å². The summed E-state index contributed by atoms with van der Waals surface area (Å²) < 4.78 is 5.68. The van der Waals surface area contributed by atoms with E-state index >= 15 is 0 Å². The second-order valence-electron chi connectivity index (χ2n) is 6.88. The lowest BCUT2D eigenvalue weighted by Gasteiger charge is -2.08. The van der Waals surface area contributed by atoms with Gasteiger partial charge in [-0.05, 0) is 52.5 Å². The fraction of sp³-hybridized carbons (Fsp3) is 0.190. The minimum absolute atomic E-state index is 0.229. The average Bonchev–Trinajstić information content (AvgIpc) is 3.29. The number of amides is 1. The lowest BCUT2D eigenvalue weighted by atomic mass is 10.1. The number of aryl methyl sites for hydroxylation is 1. The van der Waals surface area contributed by atoms with Crippen LogP contribution in [0.25, 0.3) is 21.9 Å². The molecule has 2 aromatic heterocycles. The Hall–Kier alpha value is -3.33. The maximum absolute atomic E-state index is 12.1. The first-order valence-electron chi connectivity index (χ1n) is 9.41. The Labute approximate surface area is 179 Å². The minimum Gasteiger partial charge on any atom is -0.456 e. The van der Waals surface area contributed by atoms with Crippen LogP contribution in [0.2, 0.25) is 0 Å². The van der Waals surface area contributed by atoms with E-state index in [-0.39, 0.29) is 18.7 Å². The molecule has 0 aliphatic rings. The third kappa shape index (κ3) is 4.46. The van der Waals surface area contributed by atoms with Crippen LogP contribution in [0.4, 0.5) is 5.69 Å². The van der Waals surface area contributed by atoms with Crippen molar-refractivity contribution < 1.29 is 14.3 Å². The van der Waals surface area contributed by atoms with Crippen LogP contribution in [0, 0.1) is 0 Å². The van der Waals surface area contributed by atoms with E-state index in [4.69, 9.17) is 4.74 Å². The van der Waals surface area contributed by atoms with Gasteiger partial charge in [0, 0.05) is 28.0 Å². The highest BCUT2D eigenvalue weighted by Crippen LogP contribution is 2.26. The number of aromatic nitrogens is 3. The van der Waals surface area contributed by atoms with E-state index in [1.54, 1.807) is 12.1 Å². The number of carbonyl (C=O) groups excluding carboxylic acids is 2. The van der Waals surface area contributed by atoms with Crippen LogP contribution >= 0.6 is 15.9 Å². The van der Waals surface area contributed by atoms with Crippen LogP contribution in [-0.4, -0.2) is 33.4 Å². The number of carbonyl (C=O) groups is 2. The number of imidazole rings is 1. The number of aromatic amines is 3. The molecule has 8 nitrogen and oxygen atoms in total. The molecule has 0 unspecified atom stereocenters. The largest absolute Gasteiger partial charge is 0.456 e. The highest BCUT2D eigenvalue weighted by molar-refractivity contribution is 9.10. The molecule has 4 N–H and O–H groups in total. The number of anilines is 1. The van der Waals surface area contributed by atoms with Crippen molar-refractivity contribution in [3.8, 4) is 0 Å². The summed E-state index contributed by atoms with van der Waals surface area (Å²) in [5.41, 5.74) is 3.54. The van der Waals surface area contributed by atoms with Gasteiger partial charge in [-0.3, -0.25) is 9.59 Å². The third-order valence-electron chi connectivity index (χ3n) is 4.74. The van der Waals surface area contributed by atoms with Gasteiger partial charge in [0.25, 0.3) is 5.91 Å². The van der Waals surface area contributed by atoms with Gasteiger partial charge >= 0.3 is 11.7 Å². The number of ether oxygens (including phenoxy) is 1. The van der Waals surface area contributed by atoms with Crippen LogP contribution in [-0.2, 0) is 20.7 Å². The normalized spacial score (nSPS) is 11.1. The maximum Gasteiger partial charge on any atom is 0.323 e. The van der Waals surface area contributed by atoms with E-state index in [0.29, 0.717) is 27.6 Å². The van der Waals surface area contributed by atoms with Gasteiger partial charge < -0.3 is 25.0 Å². The third-order valence-corrected chi connectivity index (χ3v) is 5.40. The number of hydrogen-bond acceptors (Lipinski definition) is 4. The Bertz CT molecular complexity index is 1290. The molecule has 2 heterocycles. The lowest BCUT2D eigenvalue weighted by Crippen LogP contribution is -2.21. The number of fused-ring (bicyclic) bond motifs is 2. The van der Waals surface area contributed by atoms with Gasteiger partial charge in [0.2, 0.25) is 0 Å². The van der Waals surface area contributed by atoms with Gasteiger partial charge in [-0.15, -0.1) is 0 Å². The number of halogens is 1. The molecule has 0 fully saturated rings. The molecule has 4 aromatic rings. The summed E-state index contributed by atoms with van der Waals surface area (Å²) in [6, 6.07) is 11.3. The molecule has 0 aliphatic carbocycles. The van der Waals surface area contributed by atoms with Crippen molar-refractivity contribution in [1.29, 1.82) is 0 Å². The Morgan fingerprint density at radius 1 is 1.07 bits per heavy atom. The molecule has 1 amide bonds. The topological polar surface area (TPSA) is 120 Å². The molecule has 0 spiro atoms. The predicted molar refractivity (Wildman–Crippen MR) is 117 cm³/mol. The first kappa shape index (κ1) is 20.0. The van der Waals surface area contributed by atoms with E-state index < -0.39 is 11.9 Å². The van der Waals surface area contributed by atoms with Crippen molar-refractivity contribution in [2.24, 2.45) is 0 Å². The summed E-state index contributed by atoms with van der Waals surface area (Å²) in [6.07, 6.45) is 3.56. The molecule has 2 aromatic carbocycles. The van der Waals surface area contributed by atoms with Crippen LogP contribution in [0.3, 0.4) is 0 Å². The Morgan fingerprint density at radius 3 is 2.67 bits per heavy atom. The van der Waals surface area contributed by atoms with Crippen LogP contribution < -0.4 is 11.0 Å². The van der Waals surface area contributed by atoms with Crippen molar-refractivity contribution in [3.05, 3.63) is 63.1 Å². The van der Waals surface area contributed by atoms with Gasteiger partial charge in [-0.1, -0.05) is 18.2 Å². The Morgan fingerprint density at radius 2 is 1.83 bits per heavy atom. The fourth-order valence-electron chi connectivity index (χ4n) is 3.32. The average molecular weight is 471 g/mol. The molecule has 154 valence electrons. The highest BCUT2D eigenvalue weighted by atomic mass is 79.9. The van der Waals surface area contributed by atoms with Crippen LogP contribution in [0.15, 0.2) is 51.9 Å². The zero-order valence-electron chi connectivity index (χ0n) is 15.9. The second-order valence-corrected chi connectivity index (χ2v) is 7.73. The SMILES string of the molecule is O=C(COC(=O)CCCc1c[nH]c2ccccc12)Nc1cc2[nH]c(=O)[nH]c2cc1Br. The summed E-state index contributed by atoms with van der Waals surface area (Å²) >= 11 is 3.34. The van der Waals surface area contributed by atoms with Gasteiger partial charge in [0.1, 0.15) is 0 Å². The fourth-order valence-corrected chi connectivity index (χ4v) is 3.76. The molecule has 0 bridgehead atoms. The smallest absolute Gasteiger partial charge is 0.323 e. The Balaban J connectivity index is 1.25. The number of benzene rings is 2. The number of rotatable bonds is 7. The quantitative estimate of drug-likeness (QED) is 0.308. The van der Waals surface area contributed by atoms with E-state index in [1.165, 1.54) is 0 Å². The Kier molecular flexibility index (Phi) is 5.71. The molecule has 30 heavy (non-hydrogen) atoms. The van der Waals surface area contributed by atoms with Crippen molar-refractivity contribution in [2.45, 2.75) is 19.3 Å². The van der Waals surface area contributed by atoms with Gasteiger partial charge in [0.15, 0.2) is 6.61 Å². The van der Waals surface area contributed by atoms with E-state index in [2.05, 4.69) is 36.2 Å². The van der Waals surface area contributed by atoms with Crippen molar-refractivity contribution in [3.63, 3.8) is 0 Å². The summed E-state index contributed by atoms with van der Waals surface area (Å²) in [6.45, 7) is -0.375. The monoisotopic (exact) mass is 470 g/mol. The summed E-state index contributed by atoms with van der Waals surface area (Å²) in [5.74, 6) is -0.882. The molecule has 9 heteroatoms. The molecule has 0 atom stereocenters.